The Morgan fingerprint density at radius 3 is 1.33 bits per heavy atom. The molecule has 1 heterocycles. The van der Waals surface area contributed by atoms with E-state index in [-0.39, 0.29) is 5.54 Å². The van der Waals surface area contributed by atoms with Crippen LogP contribution in [0.1, 0.15) is 94.7 Å². The van der Waals surface area contributed by atoms with E-state index >= 15 is 0 Å². The summed E-state index contributed by atoms with van der Waals surface area (Å²) >= 11 is 0. The Labute approximate surface area is 131 Å². The fourth-order valence-corrected chi connectivity index (χ4v) is 4.60. The minimum atomic E-state index is 0.246. The van der Waals surface area contributed by atoms with Crippen LogP contribution in [0.4, 0.5) is 0 Å². The van der Waals surface area contributed by atoms with Crippen LogP contribution in [-0.4, -0.2) is 4.57 Å². The first-order valence-corrected chi connectivity index (χ1v) is 9.34. The third-order valence-electron chi connectivity index (χ3n) is 5.45. The van der Waals surface area contributed by atoms with Crippen molar-refractivity contribution in [1.82, 2.24) is 4.57 Å². The third-order valence-corrected chi connectivity index (χ3v) is 5.45. The molecule has 0 unspecified atom stereocenters. The predicted molar refractivity (Wildman–Crippen MR) is 91.2 cm³/mol. The van der Waals surface area contributed by atoms with Crippen molar-refractivity contribution < 1.29 is 0 Å². The normalized spacial score (nSPS) is 20.7. The zero-order valence-corrected chi connectivity index (χ0v) is 14.4. The molecule has 0 radical (unpaired) electrons. The molecule has 1 aromatic rings. The fraction of sp³-hybridized carbons (Fsp3) is 0.800. The molecule has 1 nitrogen and oxygen atoms in total. The van der Waals surface area contributed by atoms with Crippen LogP contribution in [0.15, 0.2) is 0 Å². The Hall–Kier alpha value is -0.720. The van der Waals surface area contributed by atoms with Gasteiger partial charge >= 0.3 is 0 Å². The quantitative estimate of drug-likeness (QED) is 0.588. The number of rotatable bonds is 0. The third kappa shape index (κ3) is 3.07. The minimum absolute atomic E-state index is 0.246. The highest BCUT2D eigenvalue weighted by Gasteiger charge is 2.28. The molecule has 1 heteroatoms. The lowest BCUT2D eigenvalue weighted by molar-refractivity contribution is 0.366. The average Bonchev–Trinajstić information content (AvgIpc) is 2.61. The number of hydrogen-bond acceptors (Lipinski definition) is 0. The standard InChI is InChI=1S/C20H33N/c1-20(2,3)21-18-14-10-6-4-8-12-16(18)17-13-9-5-7-11-15-19(17)21/h4-15H2,1-3H3. The predicted octanol–water partition coefficient (Wildman–Crippen LogP) is 5.56. The van der Waals surface area contributed by atoms with Crippen LogP contribution in [-0.2, 0) is 31.2 Å². The highest BCUT2D eigenvalue weighted by molar-refractivity contribution is 5.41. The van der Waals surface area contributed by atoms with Crippen LogP contribution in [0.3, 0.4) is 0 Å². The second-order valence-electron chi connectivity index (χ2n) is 8.19. The molecule has 0 fully saturated rings. The lowest BCUT2D eigenvalue weighted by Crippen LogP contribution is -2.27. The van der Waals surface area contributed by atoms with Crippen LogP contribution < -0.4 is 0 Å². The first kappa shape index (κ1) is 15.2. The second-order valence-corrected chi connectivity index (χ2v) is 8.19. The SMILES string of the molecule is CC(C)(C)n1c2c(c3c1CCCCCC3)CCCCCC2. The molecule has 1 aromatic heterocycles. The fourth-order valence-electron chi connectivity index (χ4n) is 4.60. The lowest BCUT2D eigenvalue weighted by Gasteiger charge is -2.29. The van der Waals surface area contributed by atoms with Crippen LogP contribution >= 0.6 is 0 Å². The molecule has 0 spiro atoms. The molecule has 0 atom stereocenters. The van der Waals surface area contributed by atoms with E-state index in [0.717, 1.165) is 0 Å². The van der Waals surface area contributed by atoms with E-state index in [9.17, 15) is 0 Å². The maximum absolute atomic E-state index is 2.77. The summed E-state index contributed by atoms with van der Waals surface area (Å²) in [6.07, 6.45) is 16.7. The van der Waals surface area contributed by atoms with Gasteiger partial charge in [0.15, 0.2) is 0 Å². The molecule has 0 aromatic carbocycles. The summed E-state index contributed by atoms with van der Waals surface area (Å²) < 4.78 is 2.77. The minimum Gasteiger partial charge on any atom is -0.343 e. The van der Waals surface area contributed by atoms with Crippen molar-refractivity contribution in [3.8, 4) is 0 Å². The highest BCUT2D eigenvalue weighted by Crippen LogP contribution is 2.36. The van der Waals surface area contributed by atoms with Crippen molar-refractivity contribution in [2.45, 2.75) is 103 Å². The van der Waals surface area contributed by atoms with E-state index in [2.05, 4.69) is 25.3 Å². The lowest BCUT2D eigenvalue weighted by atomic mass is 9.91. The number of nitrogens with zero attached hydrogens (tertiary/aromatic N) is 1. The van der Waals surface area contributed by atoms with Gasteiger partial charge in [0.25, 0.3) is 0 Å². The number of hydrogen-bond donors (Lipinski definition) is 0. The molecule has 21 heavy (non-hydrogen) atoms. The molecule has 0 aliphatic heterocycles. The first-order chi connectivity index (χ1) is 10.1. The van der Waals surface area contributed by atoms with E-state index in [0.29, 0.717) is 0 Å². The second kappa shape index (κ2) is 6.18. The molecule has 2 aliphatic carbocycles. The van der Waals surface area contributed by atoms with Crippen LogP contribution in [0, 0.1) is 0 Å². The van der Waals surface area contributed by atoms with Gasteiger partial charge in [0.2, 0.25) is 0 Å². The molecule has 2 aliphatic rings. The largest absolute Gasteiger partial charge is 0.343 e. The van der Waals surface area contributed by atoms with Crippen molar-refractivity contribution in [1.29, 1.82) is 0 Å². The molecular weight excluding hydrogens is 254 g/mol. The van der Waals surface area contributed by atoms with Crippen molar-refractivity contribution in [2.24, 2.45) is 0 Å². The van der Waals surface area contributed by atoms with Gasteiger partial charge in [-0.15, -0.1) is 0 Å². The topological polar surface area (TPSA) is 4.93 Å². The maximum Gasteiger partial charge on any atom is 0.0361 e. The van der Waals surface area contributed by atoms with Crippen LogP contribution in [0.2, 0.25) is 0 Å². The Kier molecular flexibility index (Phi) is 4.47. The van der Waals surface area contributed by atoms with Crippen LogP contribution in [0.5, 0.6) is 0 Å². The summed E-state index contributed by atoms with van der Waals surface area (Å²) in [6, 6.07) is 0. The molecule has 0 saturated carbocycles. The van der Waals surface area contributed by atoms with E-state index in [4.69, 9.17) is 0 Å². The molecule has 118 valence electrons. The van der Waals surface area contributed by atoms with Gasteiger partial charge in [-0.3, -0.25) is 0 Å². The monoisotopic (exact) mass is 287 g/mol. The Balaban J connectivity index is 2.14. The van der Waals surface area contributed by atoms with Crippen molar-refractivity contribution >= 4 is 0 Å². The van der Waals surface area contributed by atoms with Gasteiger partial charge in [-0.2, -0.15) is 0 Å². The van der Waals surface area contributed by atoms with E-state index in [1.807, 2.05) is 0 Å². The maximum atomic E-state index is 2.77. The summed E-state index contributed by atoms with van der Waals surface area (Å²) in [5, 5.41) is 0. The van der Waals surface area contributed by atoms with Gasteiger partial charge in [-0.1, -0.05) is 25.7 Å². The van der Waals surface area contributed by atoms with Gasteiger partial charge in [-0.25, -0.2) is 0 Å². The Bertz CT molecular complexity index is 449. The van der Waals surface area contributed by atoms with Gasteiger partial charge in [0.05, 0.1) is 0 Å². The van der Waals surface area contributed by atoms with E-state index in [1.54, 1.807) is 22.5 Å². The number of fused-ring (bicyclic) bond motifs is 3. The summed E-state index contributed by atoms with van der Waals surface area (Å²) in [7, 11) is 0. The van der Waals surface area contributed by atoms with Crippen molar-refractivity contribution in [3.63, 3.8) is 0 Å². The van der Waals surface area contributed by atoms with Gasteiger partial charge < -0.3 is 4.57 Å². The smallest absolute Gasteiger partial charge is 0.0361 e. The molecular formula is C20H33N. The Morgan fingerprint density at radius 1 is 0.571 bits per heavy atom. The molecule has 0 saturated heterocycles. The summed E-state index contributed by atoms with van der Waals surface area (Å²) in [6.45, 7) is 7.22. The van der Waals surface area contributed by atoms with Crippen molar-refractivity contribution in [2.75, 3.05) is 0 Å². The zero-order chi connectivity index (χ0) is 14.9. The van der Waals surface area contributed by atoms with E-state index < -0.39 is 0 Å². The van der Waals surface area contributed by atoms with Crippen molar-refractivity contribution in [3.05, 3.63) is 22.5 Å². The summed E-state index contributed by atoms with van der Waals surface area (Å²) in [4.78, 5) is 0. The van der Waals surface area contributed by atoms with E-state index in [1.165, 1.54) is 77.0 Å². The Morgan fingerprint density at radius 2 is 0.952 bits per heavy atom. The highest BCUT2D eigenvalue weighted by atomic mass is 15.1. The zero-order valence-electron chi connectivity index (χ0n) is 14.4. The number of aromatic nitrogens is 1. The molecule has 3 rings (SSSR count). The summed E-state index contributed by atoms with van der Waals surface area (Å²) in [5.74, 6) is 0. The molecule has 0 N–H and O–H groups in total. The van der Waals surface area contributed by atoms with Gasteiger partial charge in [0.1, 0.15) is 0 Å². The summed E-state index contributed by atoms with van der Waals surface area (Å²) in [5.41, 5.74) is 7.24. The first-order valence-electron chi connectivity index (χ1n) is 9.34. The van der Waals surface area contributed by atoms with Gasteiger partial charge in [0, 0.05) is 16.9 Å². The van der Waals surface area contributed by atoms with Gasteiger partial charge in [-0.05, 0) is 83.3 Å². The molecule has 0 amide bonds. The average molecular weight is 287 g/mol. The molecule has 0 bridgehead atoms. The van der Waals surface area contributed by atoms with Crippen LogP contribution in [0.25, 0.3) is 0 Å².